The Morgan fingerprint density at radius 2 is 1.87 bits per heavy atom. The fourth-order valence-corrected chi connectivity index (χ4v) is 4.36. The molecule has 2 saturated heterocycles. The predicted octanol–water partition coefficient (Wildman–Crippen LogP) is 3.26. The lowest BCUT2D eigenvalue weighted by Gasteiger charge is -2.36. The highest BCUT2D eigenvalue weighted by Crippen LogP contribution is 2.28. The third-order valence-electron chi connectivity index (χ3n) is 5.88. The molecule has 1 aromatic carbocycles. The summed E-state index contributed by atoms with van der Waals surface area (Å²) in [5.74, 6) is 1.75. The van der Waals surface area contributed by atoms with E-state index < -0.39 is 0 Å². The number of benzene rings is 1. The van der Waals surface area contributed by atoms with Gasteiger partial charge >= 0.3 is 0 Å². The maximum Gasteiger partial charge on any atom is 0.228 e. The van der Waals surface area contributed by atoms with Crippen molar-refractivity contribution in [1.82, 2.24) is 14.9 Å². The summed E-state index contributed by atoms with van der Waals surface area (Å²) in [7, 11) is 0. The van der Waals surface area contributed by atoms with Crippen LogP contribution in [-0.4, -0.2) is 59.4 Å². The van der Waals surface area contributed by atoms with Gasteiger partial charge in [0, 0.05) is 67.5 Å². The highest BCUT2D eigenvalue weighted by molar-refractivity contribution is 6.31. The first kappa shape index (κ1) is 21.6. The number of carbonyl (C=O) groups is 2. The molecule has 1 unspecified atom stereocenters. The van der Waals surface area contributed by atoms with E-state index in [0.29, 0.717) is 24.7 Å². The van der Waals surface area contributed by atoms with Gasteiger partial charge in [-0.1, -0.05) is 31.5 Å². The van der Waals surface area contributed by atoms with Gasteiger partial charge in [0.1, 0.15) is 11.6 Å². The van der Waals surface area contributed by atoms with Crippen LogP contribution in [0.4, 0.5) is 11.5 Å². The third-order valence-corrected chi connectivity index (χ3v) is 6.12. The number of anilines is 2. The normalized spacial score (nSPS) is 19.5. The highest BCUT2D eigenvalue weighted by Gasteiger charge is 2.38. The van der Waals surface area contributed by atoms with Crippen LogP contribution in [0.1, 0.15) is 37.7 Å². The van der Waals surface area contributed by atoms with Gasteiger partial charge in [0.05, 0.1) is 5.92 Å². The molecule has 2 aliphatic rings. The van der Waals surface area contributed by atoms with Crippen molar-refractivity contribution in [3.8, 4) is 0 Å². The molecular formula is C23H28ClN5O2. The van der Waals surface area contributed by atoms with Crippen LogP contribution in [0.2, 0.25) is 5.02 Å². The van der Waals surface area contributed by atoms with E-state index >= 15 is 0 Å². The zero-order valence-corrected chi connectivity index (χ0v) is 19.0. The Morgan fingerprint density at radius 1 is 1.13 bits per heavy atom. The maximum atomic E-state index is 13.1. The second-order valence-corrected chi connectivity index (χ2v) is 9.01. The minimum atomic E-state index is -0.313. The molecule has 164 valence electrons. The lowest BCUT2D eigenvalue weighted by molar-refractivity contribution is -0.136. The zero-order chi connectivity index (χ0) is 22.1. The summed E-state index contributed by atoms with van der Waals surface area (Å²) in [6, 6.07) is 9.21. The largest absolute Gasteiger partial charge is 0.353 e. The van der Waals surface area contributed by atoms with Crippen molar-refractivity contribution in [2.75, 3.05) is 42.5 Å². The predicted molar refractivity (Wildman–Crippen MR) is 122 cm³/mol. The molecule has 2 aliphatic heterocycles. The molecule has 3 heterocycles. The average Bonchev–Trinajstić information content (AvgIpc) is 3.14. The van der Waals surface area contributed by atoms with Crippen LogP contribution in [0.5, 0.6) is 0 Å². The number of amides is 2. The Hall–Kier alpha value is -2.67. The molecule has 0 radical (unpaired) electrons. The van der Waals surface area contributed by atoms with Crippen LogP contribution in [0, 0.1) is 12.8 Å². The van der Waals surface area contributed by atoms with Crippen LogP contribution < -0.4 is 9.80 Å². The summed E-state index contributed by atoms with van der Waals surface area (Å²) < 4.78 is 0. The molecule has 4 rings (SSSR count). The standard InChI is InChI=1S/C23H28ClN5O2/c1-15(2)22-25-16(3)11-20(26-22)27-7-9-28(10-8-27)23(31)17-12-21(30)29(14-17)19-6-4-5-18(24)13-19/h4-6,11,13,15,17H,7-10,12,14H2,1-3H3. The fourth-order valence-electron chi connectivity index (χ4n) is 4.18. The van der Waals surface area contributed by atoms with Gasteiger partial charge in [0.2, 0.25) is 11.8 Å². The monoisotopic (exact) mass is 441 g/mol. The molecule has 2 fully saturated rings. The first-order chi connectivity index (χ1) is 14.8. The molecule has 1 aromatic heterocycles. The summed E-state index contributed by atoms with van der Waals surface area (Å²) in [5, 5.41) is 0.580. The summed E-state index contributed by atoms with van der Waals surface area (Å²) in [6.45, 7) is 9.26. The number of rotatable bonds is 4. The molecule has 2 aromatic rings. The molecule has 0 spiro atoms. The van der Waals surface area contributed by atoms with Crippen LogP contribution in [0.3, 0.4) is 0 Å². The highest BCUT2D eigenvalue weighted by atomic mass is 35.5. The van der Waals surface area contributed by atoms with E-state index in [1.807, 2.05) is 30.0 Å². The molecule has 0 N–H and O–H groups in total. The van der Waals surface area contributed by atoms with Gasteiger partial charge in [0.25, 0.3) is 0 Å². The Bertz CT molecular complexity index is 988. The van der Waals surface area contributed by atoms with Crippen molar-refractivity contribution >= 4 is 34.9 Å². The Morgan fingerprint density at radius 3 is 2.55 bits per heavy atom. The second kappa shape index (κ2) is 8.83. The van der Waals surface area contributed by atoms with Crippen molar-refractivity contribution < 1.29 is 9.59 Å². The molecule has 31 heavy (non-hydrogen) atoms. The van der Waals surface area contributed by atoms with Gasteiger partial charge in [-0.15, -0.1) is 0 Å². The minimum absolute atomic E-state index is 0.0306. The number of hydrogen-bond acceptors (Lipinski definition) is 5. The number of piperazine rings is 1. The van der Waals surface area contributed by atoms with E-state index in [-0.39, 0.29) is 30.1 Å². The SMILES string of the molecule is Cc1cc(N2CCN(C(=O)C3CC(=O)N(c4cccc(Cl)c4)C3)CC2)nc(C(C)C)n1. The number of aromatic nitrogens is 2. The van der Waals surface area contributed by atoms with Gasteiger partial charge in [-0.05, 0) is 25.1 Å². The van der Waals surface area contributed by atoms with E-state index in [1.165, 1.54) is 0 Å². The second-order valence-electron chi connectivity index (χ2n) is 8.58. The fraction of sp³-hybridized carbons (Fsp3) is 0.478. The smallest absolute Gasteiger partial charge is 0.228 e. The Labute approximate surface area is 188 Å². The summed E-state index contributed by atoms with van der Waals surface area (Å²) >= 11 is 6.07. The molecule has 7 nitrogen and oxygen atoms in total. The van der Waals surface area contributed by atoms with Crippen LogP contribution in [-0.2, 0) is 9.59 Å². The lowest BCUT2D eigenvalue weighted by Crippen LogP contribution is -2.51. The third kappa shape index (κ3) is 4.66. The number of carbonyl (C=O) groups excluding carboxylic acids is 2. The average molecular weight is 442 g/mol. The number of aryl methyl sites for hydroxylation is 1. The summed E-state index contributed by atoms with van der Waals surface area (Å²) in [6.07, 6.45) is 0.244. The van der Waals surface area contributed by atoms with Gasteiger partial charge in [-0.2, -0.15) is 0 Å². The van der Waals surface area contributed by atoms with Crippen molar-refractivity contribution in [2.45, 2.75) is 33.1 Å². The van der Waals surface area contributed by atoms with E-state index in [2.05, 4.69) is 23.7 Å². The summed E-state index contributed by atoms with van der Waals surface area (Å²) in [5.41, 5.74) is 1.70. The minimum Gasteiger partial charge on any atom is -0.353 e. The van der Waals surface area contributed by atoms with Gasteiger partial charge < -0.3 is 14.7 Å². The van der Waals surface area contributed by atoms with E-state index in [4.69, 9.17) is 16.6 Å². The molecule has 0 bridgehead atoms. The Balaban J connectivity index is 1.38. The zero-order valence-electron chi connectivity index (χ0n) is 18.2. The van der Waals surface area contributed by atoms with Crippen molar-refractivity contribution in [2.24, 2.45) is 5.92 Å². The van der Waals surface area contributed by atoms with E-state index in [0.717, 1.165) is 36.1 Å². The van der Waals surface area contributed by atoms with Crippen molar-refractivity contribution in [3.05, 3.63) is 46.9 Å². The maximum absolute atomic E-state index is 13.1. The molecule has 2 amide bonds. The molecule has 8 heteroatoms. The lowest BCUT2D eigenvalue weighted by atomic mass is 10.1. The van der Waals surface area contributed by atoms with Crippen molar-refractivity contribution in [1.29, 1.82) is 0 Å². The van der Waals surface area contributed by atoms with E-state index in [9.17, 15) is 9.59 Å². The Kier molecular flexibility index (Phi) is 6.14. The number of nitrogens with zero attached hydrogens (tertiary/aromatic N) is 5. The quantitative estimate of drug-likeness (QED) is 0.728. The van der Waals surface area contributed by atoms with Gasteiger partial charge in [-0.3, -0.25) is 9.59 Å². The molecule has 0 aliphatic carbocycles. The molecule has 0 saturated carbocycles. The van der Waals surface area contributed by atoms with E-state index in [1.54, 1.807) is 17.0 Å². The van der Waals surface area contributed by atoms with Crippen LogP contribution >= 0.6 is 11.6 Å². The van der Waals surface area contributed by atoms with Crippen LogP contribution in [0.15, 0.2) is 30.3 Å². The number of halogens is 1. The summed E-state index contributed by atoms with van der Waals surface area (Å²) in [4.78, 5) is 40.6. The molecular weight excluding hydrogens is 414 g/mol. The number of hydrogen-bond donors (Lipinski definition) is 0. The van der Waals surface area contributed by atoms with Gasteiger partial charge in [0.15, 0.2) is 0 Å². The topological polar surface area (TPSA) is 69.6 Å². The van der Waals surface area contributed by atoms with Crippen LogP contribution in [0.25, 0.3) is 0 Å². The first-order valence-corrected chi connectivity index (χ1v) is 11.1. The first-order valence-electron chi connectivity index (χ1n) is 10.8. The van der Waals surface area contributed by atoms with Crippen molar-refractivity contribution in [3.63, 3.8) is 0 Å². The molecule has 1 atom stereocenters. The van der Waals surface area contributed by atoms with Gasteiger partial charge in [-0.25, -0.2) is 9.97 Å².